The number of hydrogen-bond donors (Lipinski definition) is 2. The number of H-pyrrole nitrogens is 1. The maximum atomic E-state index is 12.6. The van der Waals surface area contributed by atoms with E-state index in [-0.39, 0.29) is 17.5 Å². The Hall–Kier alpha value is -1.30. The van der Waals surface area contributed by atoms with Crippen LogP contribution in [0, 0.1) is 30.1 Å². The van der Waals surface area contributed by atoms with Crippen molar-refractivity contribution >= 4 is 17.7 Å². The Labute approximate surface area is 165 Å². The SMILES string of the molecule is CCc1c(C)nc(SCC(=O)N[C@H](C)C23CC4CC(CC(C4)C2)C3)[nH]c1=O. The standard InChI is InChI=1S/C21H31N3O2S/c1-4-17-12(2)22-20(24-19(17)26)27-11-18(25)23-13(3)21-8-14-5-15(9-21)7-16(6-14)10-21/h13-16H,4-11H2,1-3H3,(H,23,25)(H,22,24,26)/t13-,14?,15?,16?,21?/m1/s1. The normalized spacial score (nSPS) is 32.5. The Balaban J connectivity index is 1.35. The first-order chi connectivity index (χ1) is 12.9. The van der Waals surface area contributed by atoms with Crippen molar-refractivity contribution in [2.24, 2.45) is 23.2 Å². The fourth-order valence-corrected chi connectivity index (χ4v) is 7.06. The van der Waals surface area contributed by atoms with Gasteiger partial charge in [0.05, 0.1) is 5.75 Å². The number of thioether (sulfide) groups is 1. The molecular formula is C21H31N3O2S. The van der Waals surface area contributed by atoms with Crippen molar-refractivity contribution in [3.8, 4) is 0 Å². The molecule has 1 heterocycles. The summed E-state index contributed by atoms with van der Waals surface area (Å²) in [7, 11) is 0. The molecule has 0 aliphatic heterocycles. The predicted octanol–water partition coefficient (Wildman–Crippen LogP) is 3.45. The van der Waals surface area contributed by atoms with E-state index in [0.717, 1.165) is 29.0 Å². The van der Waals surface area contributed by atoms with Gasteiger partial charge in [-0.3, -0.25) is 9.59 Å². The molecule has 1 atom stereocenters. The van der Waals surface area contributed by atoms with Crippen LogP contribution in [0.25, 0.3) is 0 Å². The fraction of sp³-hybridized carbons (Fsp3) is 0.762. The highest BCUT2D eigenvalue weighted by atomic mass is 32.2. The van der Waals surface area contributed by atoms with Crippen LogP contribution in [0.2, 0.25) is 0 Å². The Kier molecular flexibility index (Phi) is 5.12. The van der Waals surface area contributed by atoms with Crippen LogP contribution in [0.5, 0.6) is 0 Å². The van der Waals surface area contributed by atoms with E-state index >= 15 is 0 Å². The van der Waals surface area contributed by atoms with Gasteiger partial charge in [-0.25, -0.2) is 4.98 Å². The summed E-state index contributed by atoms with van der Waals surface area (Å²) in [5.74, 6) is 3.01. The fourth-order valence-electron chi connectivity index (χ4n) is 6.35. The van der Waals surface area contributed by atoms with Gasteiger partial charge in [0.15, 0.2) is 5.16 Å². The zero-order valence-corrected chi connectivity index (χ0v) is 17.5. The van der Waals surface area contributed by atoms with Gasteiger partial charge in [-0.15, -0.1) is 0 Å². The maximum Gasteiger partial charge on any atom is 0.254 e. The molecule has 6 heteroatoms. The van der Waals surface area contributed by atoms with Gasteiger partial charge >= 0.3 is 0 Å². The Morgan fingerprint density at radius 3 is 2.37 bits per heavy atom. The van der Waals surface area contributed by atoms with Gasteiger partial charge in [-0.05, 0) is 82.0 Å². The molecule has 4 fully saturated rings. The van der Waals surface area contributed by atoms with Crippen molar-refractivity contribution in [2.75, 3.05) is 5.75 Å². The first-order valence-corrected chi connectivity index (χ1v) is 11.4. The minimum absolute atomic E-state index is 0.0446. The van der Waals surface area contributed by atoms with Gasteiger partial charge in [-0.2, -0.15) is 0 Å². The van der Waals surface area contributed by atoms with Crippen LogP contribution in [0.1, 0.15) is 63.6 Å². The van der Waals surface area contributed by atoms with E-state index in [0.29, 0.717) is 22.7 Å². The molecule has 0 saturated heterocycles. The minimum Gasteiger partial charge on any atom is -0.352 e. The summed E-state index contributed by atoms with van der Waals surface area (Å²) in [6.07, 6.45) is 8.80. The highest BCUT2D eigenvalue weighted by Crippen LogP contribution is 2.61. The molecule has 1 amide bonds. The molecule has 0 aromatic carbocycles. The van der Waals surface area contributed by atoms with Crippen LogP contribution in [0.15, 0.2) is 9.95 Å². The summed E-state index contributed by atoms with van der Waals surface area (Å²) in [5.41, 5.74) is 1.71. The highest BCUT2D eigenvalue weighted by Gasteiger charge is 2.53. The first-order valence-electron chi connectivity index (χ1n) is 10.4. The van der Waals surface area contributed by atoms with E-state index in [2.05, 4.69) is 22.2 Å². The average molecular weight is 390 g/mol. The van der Waals surface area contributed by atoms with Crippen molar-refractivity contribution in [3.63, 3.8) is 0 Å². The van der Waals surface area contributed by atoms with E-state index in [1.807, 2.05) is 13.8 Å². The summed E-state index contributed by atoms with van der Waals surface area (Å²) in [6.45, 7) is 6.01. The number of carbonyl (C=O) groups excluding carboxylic acids is 1. The molecule has 4 bridgehead atoms. The number of amides is 1. The summed E-state index contributed by atoms with van der Waals surface area (Å²) in [6, 6.07) is 0.232. The third kappa shape index (κ3) is 3.69. The van der Waals surface area contributed by atoms with Gasteiger partial charge in [0.2, 0.25) is 5.91 Å². The Morgan fingerprint density at radius 2 is 1.85 bits per heavy atom. The summed E-state index contributed by atoms with van der Waals surface area (Å²) in [5, 5.41) is 3.81. The van der Waals surface area contributed by atoms with Gasteiger partial charge in [0, 0.05) is 17.3 Å². The lowest BCUT2D eigenvalue weighted by molar-refractivity contribution is -0.123. The summed E-state index contributed by atoms with van der Waals surface area (Å²) < 4.78 is 0. The number of carbonyl (C=O) groups is 1. The molecule has 5 rings (SSSR count). The van der Waals surface area contributed by atoms with Gasteiger partial charge in [0.25, 0.3) is 5.56 Å². The molecule has 4 aliphatic carbocycles. The minimum atomic E-state index is -0.0881. The molecule has 0 radical (unpaired) electrons. The number of aromatic amines is 1. The third-order valence-electron chi connectivity index (χ3n) is 7.28. The molecule has 0 unspecified atom stereocenters. The zero-order valence-electron chi connectivity index (χ0n) is 16.6. The van der Waals surface area contributed by atoms with Crippen LogP contribution >= 0.6 is 11.8 Å². The van der Waals surface area contributed by atoms with Gasteiger partial charge in [0.1, 0.15) is 0 Å². The third-order valence-corrected chi connectivity index (χ3v) is 8.15. The van der Waals surface area contributed by atoms with Crippen molar-refractivity contribution in [2.45, 2.75) is 76.9 Å². The number of nitrogens with zero attached hydrogens (tertiary/aromatic N) is 1. The van der Waals surface area contributed by atoms with E-state index in [1.165, 1.54) is 50.3 Å². The lowest BCUT2D eigenvalue weighted by atomic mass is 9.48. The Bertz CT molecular complexity index is 753. The summed E-state index contributed by atoms with van der Waals surface area (Å²) in [4.78, 5) is 31.9. The molecule has 27 heavy (non-hydrogen) atoms. The quantitative estimate of drug-likeness (QED) is 0.577. The number of aromatic nitrogens is 2. The maximum absolute atomic E-state index is 12.6. The van der Waals surface area contributed by atoms with E-state index in [1.54, 1.807) is 0 Å². The number of nitrogens with one attached hydrogen (secondary N) is 2. The topological polar surface area (TPSA) is 74.8 Å². The second-order valence-electron chi connectivity index (χ2n) is 9.15. The lowest BCUT2D eigenvalue weighted by Crippen LogP contribution is -2.56. The van der Waals surface area contributed by atoms with Crippen molar-refractivity contribution in [1.82, 2.24) is 15.3 Å². The largest absolute Gasteiger partial charge is 0.352 e. The molecule has 2 N–H and O–H groups in total. The van der Waals surface area contributed by atoms with Crippen LogP contribution in [0.4, 0.5) is 0 Å². The molecule has 4 saturated carbocycles. The van der Waals surface area contributed by atoms with Gasteiger partial charge < -0.3 is 10.3 Å². The molecule has 0 spiro atoms. The highest BCUT2D eigenvalue weighted by molar-refractivity contribution is 7.99. The van der Waals surface area contributed by atoms with Crippen LogP contribution in [-0.2, 0) is 11.2 Å². The molecule has 1 aromatic rings. The van der Waals surface area contributed by atoms with Crippen LogP contribution in [-0.4, -0.2) is 27.7 Å². The van der Waals surface area contributed by atoms with Crippen LogP contribution in [0.3, 0.4) is 0 Å². The first kappa shape index (κ1) is 19.0. The number of hydrogen-bond acceptors (Lipinski definition) is 4. The molecule has 1 aromatic heterocycles. The molecular weight excluding hydrogens is 358 g/mol. The molecule has 5 nitrogen and oxygen atoms in total. The van der Waals surface area contributed by atoms with Crippen molar-refractivity contribution in [1.29, 1.82) is 0 Å². The average Bonchev–Trinajstić information content (AvgIpc) is 2.58. The Morgan fingerprint density at radius 1 is 1.26 bits per heavy atom. The second kappa shape index (κ2) is 7.26. The lowest BCUT2D eigenvalue weighted by Gasteiger charge is -2.59. The van der Waals surface area contributed by atoms with E-state index < -0.39 is 0 Å². The van der Waals surface area contributed by atoms with Crippen LogP contribution < -0.4 is 10.9 Å². The zero-order chi connectivity index (χ0) is 19.2. The second-order valence-corrected chi connectivity index (χ2v) is 10.1. The summed E-state index contributed by atoms with van der Waals surface area (Å²) >= 11 is 1.32. The molecule has 4 aliphatic rings. The van der Waals surface area contributed by atoms with E-state index in [9.17, 15) is 9.59 Å². The number of rotatable bonds is 6. The smallest absolute Gasteiger partial charge is 0.254 e. The van der Waals surface area contributed by atoms with Crippen molar-refractivity contribution in [3.05, 3.63) is 21.6 Å². The number of aryl methyl sites for hydroxylation is 1. The van der Waals surface area contributed by atoms with Crippen molar-refractivity contribution < 1.29 is 4.79 Å². The predicted molar refractivity (Wildman–Crippen MR) is 108 cm³/mol. The van der Waals surface area contributed by atoms with E-state index in [4.69, 9.17) is 0 Å². The molecule has 148 valence electrons. The van der Waals surface area contributed by atoms with Gasteiger partial charge in [-0.1, -0.05) is 18.7 Å². The monoisotopic (exact) mass is 389 g/mol.